The first kappa shape index (κ1) is 21.0. The highest BCUT2D eigenvalue weighted by atomic mass is 16.5. The Labute approximate surface area is 180 Å². The lowest BCUT2D eigenvalue weighted by Gasteiger charge is -2.30. The summed E-state index contributed by atoms with van der Waals surface area (Å²) in [5.74, 6) is -0.878. The molecule has 2 aliphatic heterocycles. The van der Waals surface area contributed by atoms with Crippen LogP contribution in [0.15, 0.2) is 54.4 Å². The van der Waals surface area contributed by atoms with Gasteiger partial charge in [-0.05, 0) is 35.9 Å². The number of Topliss-reactive ketones (excluding diaryl/α,β-unsaturated/α-hetero) is 1. The van der Waals surface area contributed by atoms with Crippen LogP contribution in [0.1, 0.15) is 17.2 Å². The van der Waals surface area contributed by atoms with Crippen molar-refractivity contribution in [2.24, 2.45) is 0 Å². The molecule has 1 atom stereocenters. The number of benzene rings is 1. The smallest absolute Gasteiger partial charge is 0.295 e. The van der Waals surface area contributed by atoms with Gasteiger partial charge in [-0.2, -0.15) is 0 Å². The SMILES string of the molecule is COc1ccc(C(O)=C2C(=O)C(=O)N(CCN3CCOCC3)C2c2cccnc2)cc1. The number of hydrogen-bond donors (Lipinski definition) is 1. The molecule has 1 N–H and O–H groups in total. The van der Waals surface area contributed by atoms with Gasteiger partial charge in [-0.1, -0.05) is 6.07 Å². The number of likely N-dealkylation sites (tertiary alicyclic amines) is 1. The minimum absolute atomic E-state index is 0.0742. The largest absolute Gasteiger partial charge is 0.507 e. The molecule has 31 heavy (non-hydrogen) atoms. The van der Waals surface area contributed by atoms with E-state index in [-0.39, 0.29) is 11.3 Å². The summed E-state index contributed by atoms with van der Waals surface area (Å²) < 4.78 is 10.5. The Hall–Kier alpha value is -3.23. The fraction of sp³-hybridized carbons (Fsp3) is 0.348. The third-order valence-electron chi connectivity index (χ3n) is 5.66. The second-order valence-corrected chi connectivity index (χ2v) is 7.46. The van der Waals surface area contributed by atoms with Crippen molar-refractivity contribution in [2.75, 3.05) is 46.5 Å². The average molecular weight is 423 g/mol. The Bertz CT molecular complexity index is 968. The summed E-state index contributed by atoms with van der Waals surface area (Å²) in [6.07, 6.45) is 3.26. The van der Waals surface area contributed by atoms with Gasteiger partial charge in [-0.3, -0.25) is 19.5 Å². The molecule has 1 unspecified atom stereocenters. The zero-order valence-corrected chi connectivity index (χ0v) is 17.4. The monoisotopic (exact) mass is 423 g/mol. The van der Waals surface area contributed by atoms with E-state index in [1.165, 1.54) is 4.90 Å². The van der Waals surface area contributed by atoms with Crippen LogP contribution >= 0.6 is 0 Å². The highest BCUT2D eigenvalue weighted by Crippen LogP contribution is 2.39. The lowest BCUT2D eigenvalue weighted by Crippen LogP contribution is -2.42. The molecular weight excluding hydrogens is 398 g/mol. The number of rotatable bonds is 6. The molecule has 0 radical (unpaired) electrons. The second kappa shape index (κ2) is 9.28. The van der Waals surface area contributed by atoms with E-state index in [0.717, 1.165) is 13.1 Å². The van der Waals surface area contributed by atoms with Gasteiger partial charge in [-0.25, -0.2) is 0 Å². The van der Waals surface area contributed by atoms with E-state index in [1.54, 1.807) is 49.8 Å². The Morgan fingerprint density at radius 2 is 1.90 bits per heavy atom. The van der Waals surface area contributed by atoms with E-state index in [9.17, 15) is 14.7 Å². The number of morpholine rings is 1. The van der Waals surface area contributed by atoms with Crippen LogP contribution in [0, 0.1) is 0 Å². The van der Waals surface area contributed by atoms with Gasteiger partial charge in [0.25, 0.3) is 11.7 Å². The highest BCUT2D eigenvalue weighted by molar-refractivity contribution is 6.46. The van der Waals surface area contributed by atoms with E-state index >= 15 is 0 Å². The maximum Gasteiger partial charge on any atom is 0.295 e. The molecule has 0 bridgehead atoms. The molecule has 2 aromatic rings. The lowest BCUT2D eigenvalue weighted by molar-refractivity contribution is -0.140. The predicted octanol–water partition coefficient (Wildman–Crippen LogP) is 1.84. The number of carbonyl (C=O) groups is 2. The summed E-state index contributed by atoms with van der Waals surface area (Å²) in [7, 11) is 1.55. The number of amides is 1. The van der Waals surface area contributed by atoms with Gasteiger partial charge in [-0.15, -0.1) is 0 Å². The molecule has 3 heterocycles. The molecular formula is C23H25N3O5. The number of aliphatic hydroxyl groups excluding tert-OH is 1. The Morgan fingerprint density at radius 3 is 2.55 bits per heavy atom. The molecule has 2 saturated heterocycles. The van der Waals surface area contributed by atoms with Crippen molar-refractivity contribution in [2.45, 2.75) is 6.04 Å². The summed E-state index contributed by atoms with van der Waals surface area (Å²) >= 11 is 0. The third kappa shape index (κ3) is 4.30. The van der Waals surface area contributed by atoms with Gasteiger partial charge in [0.1, 0.15) is 11.5 Å². The van der Waals surface area contributed by atoms with Crippen LogP contribution in [0.5, 0.6) is 5.75 Å². The molecule has 1 aromatic carbocycles. The quantitative estimate of drug-likeness (QED) is 0.431. The van der Waals surface area contributed by atoms with Crippen LogP contribution in [0.25, 0.3) is 5.76 Å². The van der Waals surface area contributed by atoms with Crippen molar-refractivity contribution in [3.8, 4) is 5.75 Å². The van der Waals surface area contributed by atoms with Gasteiger partial charge in [0.15, 0.2) is 0 Å². The molecule has 4 rings (SSSR count). The van der Waals surface area contributed by atoms with Crippen molar-refractivity contribution in [3.63, 3.8) is 0 Å². The van der Waals surface area contributed by atoms with E-state index in [2.05, 4.69) is 9.88 Å². The maximum atomic E-state index is 13.0. The van der Waals surface area contributed by atoms with Gasteiger partial charge < -0.3 is 19.5 Å². The Kier molecular flexibility index (Phi) is 6.29. The Balaban J connectivity index is 1.70. The van der Waals surface area contributed by atoms with Crippen LogP contribution in [-0.2, 0) is 14.3 Å². The molecule has 0 spiro atoms. The maximum absolute atomic E-state index is 13.0. The van der Waals surface area contributed by atoms with Gasteiger partial charge in [0, 0.05) is 44.1 Å². The fourth-order valence-corrected chi connectivity index (χ4v) is 3.97. The molecule has 8 nitrogen and oxygen atoms in total. The van der Waals surface area contributed by atoms with E-state index in [0.29, 0.717) is 43.2 Å². The number of aromatic nitrogens is 1. The van der Waals surface area contributed by atoms with Crippen LogP contribution in [0.2, 0.25) is 0 Å². The number of carbonyl (C=O) groups excluding carboxylic acids is 2. The van der Waals surface area contributed by atoms with Crippen molar-refractivity contribution >= 4 is 17.4 Å². The number of ether oxygens (including phenoxy) is 2. The average Bonchev–Trinajstić information content (AvgIpc) is 3.08. The molecule has 2 aliphatic rings. The van der Waals surface area contributed by atoms with Gasteiger partial charge in [0.05, 0.1) is 31.9 Å². The third-order valence-corrected chi connectivity index (χ3v) is 5.66. The van der Waals surface area contributed by atoms with Crippen molar-refractivity contribution in [3.05, 3.63) is 65.5 Å². The molecule has 2 fully saturated rings. The fourth-order valence-electron chi connectivity index (χ4n) is 3.97. The molecule has 1 aromatic heterocycles. The Morgan fingerprint density at radius 1 is 1.16 bits per heavy atom. The summed E-state index contributed by atoms with van der Waals surface area (Å²) in [5, 5.41) is 11.0. The van der Waals surface area contributed by atoms with Crippen LogP contribution in [0.4, 0.5) is 0 Å². The van der Waals surface area contributed by atoms with Crippen molar-refractivity contribution < 1.29 is 24.2 Å². The summed E-state index contributed by atoms with van der Waals surface area (Å²) in [4.78, 5) is 33.8. The van der Waals surface area contributed by atoms with Crippen molar-refractivity contribution in [1.29, 1.82) is 0 Å². The number of hydrogen-bond acceptors (Lipinski definition) is 7. The summed E-state index contributed by atoms with van der Waals surface area (Å²) in [6.45, 7) is 3.87. The van der Waals surface area contributed by atoms with Crippen LogP contribution in [-0.4, -0.2) is 78.1 Å². The molecule has 162 valence electrons. The van der Waals surface area contributed by atoms with Crippen LogP contribution in [0.3, 0.4) is 0 Å². The number of ketones is 1. The van der Waals surface area contributed by atoms with E-state index in [4.69, 9.17) is 9.47 Å². The highest BCUT2D eigenvalue weighted by Gasteiger charge is 2.46. The number of aliphatic hydroxyl groups is 1. The zero-order chi connectivity index (χ0) is 21.8. The first-order valence-corrected chi connectivity index (χ1v) is 10.2. The summed E-state index contributed by atoms with van der Waals surface area (Å²) in [5.41, 5.74) is 1.20. The number of methoxy groups -OCH3 is 1. The standard InChI is InChI=1S/C23H25N3O5/c1-30-18-6-4-16(5-7-18)21(27)19-20(17-3-2-8-24-15-17)26(23(29)22(19)28)10-9-25-11-13-31-14-12-25/h2-8,15,20,27H,9-14H2,1H3. The minimum Gasteiger partial charge on any atom is -0.507 e. The molecule has 1 amide bonds. The van der Waals surface area contributed by atoms with Gasteiger partial charge >= 0.3 is 0 Å². The zero-order valence-electron chi connectivity index (χ0n) is 17.4. The lowest BCUT2D eigenvalue weighted by atomic mass is 9.96. The van der Waals surface area contributed by atoms with E-state index < -0.39 is 17.7 Å². The van der Waals surface area contributed by atoms with Gasteiger partial charge in [0.2, 0.25) is 0 Å². The first-order valence-electron chi connectivity index (χ1n) is 10.2. The summed E-state index contributed by atoms with van der Waals surface area (Å²) in [6, 6.07) is 9.59. The topological polar surface area (TPSA) is 92.2 Å². The first-order chi connectivity index (χ1) is 15.1. The normalized spacial score (nSPS) is 21.5. The number of nitrogens with zero attached hydrogens (tertiary/aromatic N) is 3. The van der Waals surface area contributed by atoms with Crippen LogP contribution < -0.4 is 4.74 Å². The second-order valence-electron chi connectivity index (χ2n) is 7.46. The van der Waals surface area contributed by atoms with E-state index in [1.807, 2.05) is 6.07 Å². The van der Waals surface area contributed by atoms with Crippen molar-refractivity contribution in [1.82, 2.24) is 14.8 Å². The molecule has 8 heteroatoms. The number of pyridine rings is 1. The minimum atomic E-state index is -0.697. The molecule has 0 saturated carbocycles. The molecule has 0 aliphatic carbocycles. The predicted molar refractivity (Wildman–Crippen MR) is 113 cm³/mol.